The molecule has 1 atom stereocenters. The molecule has 0 spiro atoms. The van der Waals surface area contributed by atoms with Crippen LogP contribution in [0.4, 0.5) is 19.1 Å². The van der Waals surface area contributed by atoms with Crippen LogP contribution in [0.3, 0.4) is 0 Å². The standard InChI is InChI=1S/C21H21ClF3N5O/c1-9-14(10(2)28-19(27-9)11-4-5-11)12-8-13(18(31)21(23,24)25)17-16(15(12)22)29-20-26-6-3-7-30(17)20/h8,11,18,31H,3-7H2,1-2H3,(H,26,29). The molecule has 2 aliphatic rings. The lowest BCUT2D eigenvalue weighted by molar-refractivity contribution is -0.206. The highest BCUT2D eigenvalue weighted by atomic mass is 35.5. The van der Waals surface area contributed by atoms with E-state index in [0.717, 1.165) is 25.1 Å². The quantitative estimate of drug-likeness (QED) is 0.582. The second-order valence-electron chi connectivity index (χ2n) is 8.24. The fourth-order valence-electron chi connectivity index (χ4n) is 4.33. The van der Waals surface area contributed by atoms with Crippen LogP contribution in [-0.4, -0.2) is 37.3 Å². The van der Waals surface area contributed by atoms with Crippen molar-refractivity contribution in [1.82, 2.24) is 19.5 Å². The molecular formula is C21H21ClF3N5O. The van der Waals surface area contributed by atoms with E-state index in [0.29, 0.717) is 47.5 Å². The largest absolute Gasteiger partial charge is 0.418 e. The van der Waals surface area contributed by atoms with E-state index in [-0.39, 0.29) is 21.6 Å². The fraction of sp³-hybridized carbons (Fsp3) is 0.476. The van der Waals surface area contributed by atoms with Crippen LogP contribution >= 0.6 is 11.6 Å². The van der Waals surface area contributed by atoms with E-state index >= 15 is 0 Å². The van der Waals surface area contributed by atoms with Gasteiger partial charge in [-0.25, -0.2) is 15.0 Å². The molecule has 10 heteroatoms. The highest BCUT2D eigenvalue weighted by Gasteiger charge is 2.42. The van der Waals surface area contributed by atoms with Gasteiger partial charge in [-0.15, -0.1) is 0 Å². The first kappa shape index (κ1) is 20.5. The Bertz CT molecular complexity index is 1180. The van der Waals surface area contributed by atoms with Crippen molar-refractivity contribution in [3.63, 3.8) is 0 Å². The van der Waals surface area contributed by atoms with Gasteiger partial charge in [-0.05, 0) is 39.2 Å². The lowest BCUT2D eigenvalue weighted by Gasteiger charge is -2.21. The fourth-order valence-corrected chi connectivity index (χ4v) is 4.61. The number of benzene rings is 1. The maximum absolute atomic E-state index is 13.6. The van der Waals surface area contributed by atoms with Crippen LogP contribution in [0, 0.1) is 13.8 Å². The number of aryl methyl sites for hydroxylation is 3. The molecule has 164 valence electrons. The lowest BCUT2D eigenvalue weighted by atomic mass is 9.96. The maximum Gasteiger partial charge on any atom is 0.418 e. The van der Waals surface area contributed by atoms with Crippen LogP contribution in [0.5, 0.6) is 0 Å². The number of alkyl halides is 3. The normalized spacial score (nSPS) is 17.5. The van der Waals surface area contributed by atoms with Crippen molar-refractivity contribution < 1.29 is 18.3 Å². The summed E-state index contributed by atoms with van der Waals surface area (Å²) in [6.45, 7) is 4.76. The van der Waals surface area contributed by atoms with Gasteiger partial charge in [0.05, 0.1) is 10.5 Å². The summed E-state index contributed by atoms with van der Waals surface area (Å²) in [6, 6.07) is 1.32. The Hall–Kier alpha value is -2.39. The van der Waals surface area contributed by atoms with Gasteiger partial charge >= 0.3 is 6.18 Å². The third kappa shape index (κ3) is 3.34. The van der Waals surface area contributed by atoms with Crippen LogP contribution < -0.4 is 5.32 Å². The van der Waals surface area contributed by atoms with Gasteiger partial charge in [-0.3, -0.25) is 0 Å². The van der Waals surface area contributed by atoms with Crippen LogP contribution in [0.15, 0.2) is 6.07 Å². The second-order valence-corrected chi connectivity index (χ2v) is 8.62. The average molecular weight is 452 g/mol. The molecule has 3 aromatic rings. The van der Waals surface area contributed by atoms with Crippen molar-refractivity contribution in [3.05, 3.63) is 33.9 Å². The van der Waals surface area contributed by atoms with Gasteiger partial charge in [0.2, 0.25) is 5.95 Å². The summed E-state index contributed by atoms with van der Waals surface area (Å²) in [5, 5.41) is 13.6. The molecule has 1 aliphatic heterocycles. The van der Waals surface area contributed by atoms with Gasteiger partial charge < -0.3 is 15.0 Å². The highest BCUT2D eigenvalue weighted by molar-refractivity contribution is 6.38. The van der Waals surface area contributed by atoms with E-state index in [4.69, 9.17) is 11.6 Å². The van der Waals surface area contributed by atoms with Crippen LogP contribution in [0.1, 0.15) is 54.1 Å². The highest BCUT2D eigenvalue weighted by Crippen LogP contribution is 2.45. The first-order chi connectivity index (χ1) is 14.7. The van der Waals surface area contributed by atoms with Crippen molar-refractivity contribution >= 4 is 28.6 Å². The minimum absolute atomic E-state index is 0.201. The Kier molecular flexibility index (Phi) is 4.67. The molecule has 0 radical (unpaired) electrons. The van der Waals surface area contributed by atoms with Crippen LogP contribution in [0.2, 0.25) is 5.02 Å². The SMILES string of the molecule is Cc1nc(C2CC2)nc(C)c1-c1cc(C(O)C(F)(F)F)c2c(nc3n2CCCN3)c1Cl. The van der Waals surface area contributed by atoms with Gasteiger partial charge in [-0.1, -0.05) is 11.6 Å². The van der Waals surface area contributed by atoms with E-state index in [1.807, 2.05) is 0 Å². The second kappa shape index (κ2) is 7.06. The number of hydrogen-bond acceptors (Lipinski definition) is 5. The molecule has 31 heavy (non-hydrogen) atoms. The Balaban J connectivity index is 1.80. The lowest BCUT2D eigenvalue weighted by Crippen LogP contribution is -2.22. The Morgan fingerprint density at radius 3 is 2.48 bits per heavy atom. The van der Waals surface area contributed by atoms with Gasteiger partial charge in [0, 0.05) is 47.1 Å². The number of hydrogen-bond donors (Lipinski definition) is 2. The van der Waals surface area contributed by atoms with Crippen molar-refractivity contribution in [2.75, 3.05) is 11.9 Å². The van der Waals surface area contributed by atoms with E-state index < -0.39 is 12.3 Å². The molecule has 0 amide bonds. The third-order valence-corrected chi connectivity index (χ3v) is 6.31. The zero-order valence-corrected chi connectivity index (χ0v) is 17.8. The monoisotopic (exact) mass is 451 g/mol. The molecule has 2 aromatic heterocycles. The minimum Gasteiger partial charge on any atom is -0.379 e. The minimum atomic E-state index is -4.83. The van der Waals surface area contributed by atoms with E-state index in [2.05, 4.69) is 20.3 Å². The molecule has 1 saturated carbocycles. The topological polar surface area (TPSA) is 75.9 Å². The number of halogens is 4. The van der Waals surface area contributed by atoms with E-state index in [1.54, 1.807) is 18.4 Å². The first-order valence-electron chi connectivity index (χ1n) is 10.2. The zero-order chi connectivity index (χ0) is 22.1. The summed E-state index contributed by atoms with van der Waals surface area (Å²) in [5.41, 5.74) is 2.37. The Labute approximate surface area is 181 Å². The summed E-state index contributed by atoms with van der Waals surface area (Å²) >= 11 is 6.72. The van der Waals surface area contributed by atoms with Gasteiger partial charge in [0.1, 0.15) is 11.3 Å². The predicted molar refractivity (Wildman–Crippen MR) is 111 cm³/mol. The number of aromatic nitrogens is 4. The number of anilines is 1. The van der Waals surface area contributed by atoms with Gasteiger partial charge in [-0.2, -0.15) is 13.2 Å². The van der Waals surface area contributed by atoms with Gasteiger partial charge in [0.15, 0.2) is 6.10 Å². The van der Waals surface area contributed by atoms with Crippen molar-refractivity contribution in [2.45, 2.75) is 57.9 Å². The molecule has 0 saturated heterocycles. The third-order valence-electron chi connectivity index (χ3n) is 5.93. The molecular weight excluding hydrogens is 431 g/mol. The first-order valence-corrected chi connectivity index (χ1v) is 10.6. The smallest absolute Gasteiger partial charge is 0.379 e. The van der Waals surface area contributed by atoms with E-state index in [9.17, 15) is 18.3 Å². The molecule has 5 rings (SSSR count). The molecule has 0 bridgehead atoms. The molecule has 1 aliphatic carbocycles. The Morgan fingerprint density at radius 1 is 1.19 bits per heavy atom. The molecule has 3 heterocycles. The molecule has 1 fully saturated rings. The number of nitrogens with one attached hydrogen (secondary N) is 1. The summed E-state index contributed by atoms with van der Waals surface area (Å²) in [6.07, 6.45) is -4.68. The Morgan fingerprint density at radius 2 is 1.87 bits per heavy atom. The number of aliphatic hydroxyl groups excluding tert-OH is 1. The number of aliphatic hydroxyl groups is 1. The van der Waals surface area contributed by atoms with Crippen LogP contribution in [-0.2, 0) is 6.54 Å². The average Bonchev–Trinajstić information content (AvgIpc) is 3.48. The van der Waals surface area contributed by atoms with Gasteiger partial charge in [0.25, 0.3) is 0 Å². The summed E-state index contributed by atoms with van der Waals surface area (Å²) in [4.78, 5) is 13.7. The molecule has 1 aromatic carbocycles. The van der Waals surface area contributed by atoms with Crippen LogP contribution in [0.25, 0.3) is 22.2 Å². The zero-order valence-electron chi connectivity index (χ0n) is 17.0. The maximum atomic E-state index is 13.6. The van der Waals surface area contributed by atoms with Crippen molar-refractivity contribution in [2.24, 2.45) is 0 Å². The summed E-state index contributed by atoms with van der Waals surface area (Å²) in [5.74, 6) is 1.55. The molecule has 2 N–H and O–H groups in total. The van der Waals surface area contributed by atoms with Crippen molar-refractivity contribution in [3.8, 4) is 11.1 Å². The number of fused-ring (bicyclic) bond motifs is 3. The van der Waals surface area contributed by atoms with Crippen molar-refractivity contribution in [1.29, 1.82) is 0 Å². The summed E-state index contributed by atoms with van der Waals surface area (Å²) < 4.78 is 42.4. The molecule has 1 unspecified atom stereocenters. The number of nitrogens with zero attached hydrogens (tertiary/aromatic N) is 4. The predicted octanol–water partition coefficient (Wildman–Crippen LogP) is 5.05. The number of rotatable bonds is 3. The summed E-state index contributed by atoms with van der Waals surface area (Å²) in [7, 11) is 0. The van der Waals surface area contributed by atoms with E-state index in [1.165, 1.54) is 6.07 Å². The molecule has 6 nitrogen and oxygen atoms in total. The number of imidazole rings is 1.